The molecular weight excluding hydrogens is 296 g/mol. The molecule has 2 aromatic rings. The molecule has 1 aromatic carbocycles. The zero-order valence-electron chi connectivity index (χ0n) is 12.8. The Kier molecular flexibility index (Phi) is 5.00. The predicted molar refractivity (Wildman–Crippen MR) is 86.4 cm³/mol. The van der Waals surface area contributed by atoms with Gasteiger partial charge < -0.3 is 14.3 Å². The minimum absolute atomic E-state index is 0.0602. The number of oxazole rings is 1. The molecule has 2 N–H and O–H groups in total. The fraction of sp³-hybridized carbons (Fsp3) is 0.188. The molecule has 0 saturated carbocycles. The van der Waals surface area contributed by atoms with E-state index in [2.05, 4.69) is 22.1 Å². The first-order chi connectivity index (χ1) is 11.0. The number of anilines is 1. The Morgan fingerprint density at radius 3 is 3.04 bits per heavy atom. The number of benzene rings is 1. The lowest BCUT2D eigenvalue weighted by Crippen LogP contribution is -1.94. The molecule has 7 heteroatoms. The molecule has 0 saturated heterocycles. The summed E-state index contributed by atoms with van der Waals surface area (Å²) in [4.78, 5) is 3.99. The van der Waals surface area contributed by atoms with Gasteiger partial charge in [-0.15, -0.1) is 0 Å². The van der Waals surface area contributed by atoms with Crippen molar-refractivity contribution in [1.29, 1.82) is 5.26 Å². The van der Waals surface area contributed by atoms with E-state index in [1.54, 1.807) is 19.1 Å². The quantitative estimate of drug-likeness (QED) is 0.627. The first kappa shape index (κ1) is 16.1. The summed E-state index contributed by atoms with van der Waals surface area (Å²) in [5, 5.41) is 22.7. The van der Waals surface area contributed by atoms with E-state index in [-0.39, 0.29) is 23.2 Å². The smallest absolute Gasteiger partial charge is 0.252 e. The highest BCUT2D eigenvalue weighted by Crippen LogP contribution is 2.26. The Balaban J connectivity index is 2.15. The summed E-state index contributed by atoms with van der Waals surface area (Å²) in [6, 6.07) is 6.75. The van der Waals surface area contributed by atoms with Crippen molar-refractivity contribution in [3.63, 3.8) is 0 Å². The summed E-state index contributed by atoms with van der Waals surface area (Å²) < 4.78 is 10.7. The van der Waals surface area contributed by atoms with E-state index < -0.39 is 0 Å². The molecule has 0 aliphatic heterocycles. The van der Waals surface area contributed by atoms with E-state index in [0.29, 0.717) is 23.5 Å². The van der Waals surface area contributed by atoms with Crippen LogP contribution in [0.15, 0.2) is 34.3 Å². The molecule has 118 valence electrons. The first-order valence-corrected chi connectivity index (χ1v) is 6.86. The number of rotatable bonds is 6. The van der Waals surface area contributed by atoms with Gasteiger partial charge in [0, 0.05) is 5.57 Å². The Bertz CT molecular complexity index is 787. The highest BCUT2D eigenvalue weighted by Gasteiger charge is 2.12. The van der Waals surface area contributed by atoms with Gasteiger partial charge in [0.15, 0.2) is 11.5 Å². The van der Waals surface area contributed by atoms with Crippen molar-refractivity contribution >= 4 is 17.7 Å². The maximum absolute atomic E-state index is 9.64. The van der Waals surface area contributed by atoms with Crippen LogP contribution in [0.25, 0.3) is 5.57 Å². The zero-order chi connectivity index (χ0) is 16.8. The molecular formula is C16H16N4O3. The van der Waals surface area contributed by atoms with Crippen molar-refractivity contribution in [3.8, 4) is 17.6 Å². The van der Waals surface area contributed by atoms with Crippen molar-refractivity contribution in [1.82, 2.24) is 4.98 Å². The van der Waals surface area contributed by atoms with E-state index >= 15 is 0 Å². The largest absolute Gasteiger partial charge is 0.504 e. The number of hydrogen-bond donors (Lipinski definition) is 2. The predicted octanol–water partition coefficient (Wildman–Crippen LogP) is 3.13. The SMILES string of the molecule is C=C(C)c1nc(C#N)c(N/N=C\c2ccc(O)c(OCC)c2)o1. The van der Waals surface area contributed by atoms with E-state index in [1.165, 1.54) is 12.3 Å². The van der Waals surface area contributed by atoms with Gasteiger partial charge in [0.05, 0.1) is 12.8 Å². The summed E-state index contributed by atoms with van der Waals surface area (Å²) in [6.07, 6.45) is 1.51. The van der Waals surface area contributed by atoms with Crippen LogP contribution in [-0.2, 0) is 0 Å². The Hall–Kier alpha value is -3.27. The third-order valence-electron chi connectivity index (χ3n) is 2.76. The third-order valence-corrected chi connectivity index (χ3v) is 2.76. The maximum Gasteiger partial charge on any atom is 0.252 e. The van der Waals surface area contributed by atoms with Gasteiger partial charge in [-0.25, -0.2) is 5.43 Å². The second-order valence-electron chi connectivity index (χ2n) is 4.62. The monoisotopic (exact) mass is 312 g/mol. The summed E-state index contributed by atoms with van der Waals surface area (Å²) in [7, 11) is 0. The number of nitriles is 1. The molecule has 0 aliphatic carbocycles. The van der Waals surface area contributed by atoms with Crippen LogP contribution in [0.4, 0.5) is 5.88 Å². The van der Waals surface area contributed by atoms with Crippen molar-refractivity contribution in [2.45, 2.75) is 13.8 Å². The van der Waals surface area contributed by atoms with Gasteiger partial charge in [-0.2, -0.15) is 15.3 Å². The van der Waals surface area contributed by atoms with Crippen LogP contribution in [0.3, 0.4) is 0 Å². The zero-order valence-corrected chi connectivity index (χ0v) is 12.8. The lowest BCUT2D eigenvalue weighted by molar-refractivity contribution is 0.318. The van der Waals surface area contributed by atoms with E-state index in [0.717, 1.165) is 0 Å². The van der Waals surface area contributed by atoms with Gasteiger partial charge in [-0.3, -0.25) is 0 Å². The number of phenolic OH excluding ortho intramolecular Hbond substituents is 1. The number of hydrogen-bond acceptors (Lipinski definition) is 7. The molecule has 7 nitrogen and oxygen atoms in total. The van der Waals surface area contributed by atoms with Crippen molar-refractivity contribution in [2.75, 3.05) is 12.0 Å². The molecule has 23 heavy (non-hydrogen) atoms. The summed E-state index contributed by atoms with van der Waals surface area (Å²) >= 11 is 0. The fourth-order valence-electron chi connectivity index (χ4n) is 1.70. The van der Waals surface area contributed by atoms with Crippen LogP contribution in [0.1, 0.15) is 31.0 Å². The van der Waals surface area contributed by atoms with Crippen LogP contribution in [-0.4, -0.2) is 22.9 Å². The van der Waals surface area contributed by atoms with Gasteiger partial charge >= 0.3 is 0 Å². The second kappa shape index (κ2) is 7.13. The topological polar surface area (TPSA) is 104 Å². The molecule has 0 spiro atoms. The van der Waals surface area contributed by atoms with Crippen molar-refractivity contribution in [2.24, 2.45) is 5.10 Å². The van der Waals surface area contributed by atoms with Crippen LogP contribution in [0, 0.1) is 11.3 Å². The molecule has 0 fully saturated rings. The van der Waals surface area contributed by atoms with E-state index in [1.807, 2.05) is 13.0 Å². The van der Waals surface area contributed by atoms with Crippen LogP contribution in [0.5, 0.6) is 11.5 Å². The molecule has 2 rings (SSSR count). The Labute approximate surface area is 133 Å². The number of nitrogens with one attached hydrogen (secondary N) is 1. The average molecular weight is 312 g/mol. The standard InChI is InChI=1S/C16H16N4O3/c1-4-22-14-7-11(5-6-13(14)21)9-18-20-16-12(8-17)19-15(23-16)10(2)3/h5-7,9,20-21H,2,4H2,1,3H3/b18-9-. The number of aromatic nitrogens is 1. The maximum atomic E-state index is 9.64. The molecule has 0 bridgehead atoms. The molecule has 0 atom stereocenters. The average Bonchev–Trinajstić information content (AvgIpc) is 2.94. The lowest BCUT2D eigenvalue weighted by Gasteiger charge is -2.05. The lowest BCUT2D eigenvalue weighted by atomic mass is 10.2. The van der Waals surface area contributed by atoms with Crippen molar-refractivity contribution < 1.29 is 14.3 Å². The number of aromatic hydroxyl groups is 1. The minimum atomic E-state index is 0.0602. The Morgan fingerprint density at radius 2 is 2.39 bits per heavy atom. The molecule has 0 unspecified atom stereocenters. The molecule has 1 heterocycles. The number of phenols is 1. The number of hydrazone groups is 1. The summed E-state index contributed by atoms with van der Waals surface area (Å²) in [6.45, 7) is 7.71. The summed E-state index contributed by atoms with van der Waals surface area (Å²) in [5.41, 5.74) is 4.04. The number of allylic oxidation sites excluding steroid dienone is 1. The summed E-state index contributed by atoms with van der Waals surface area (Å²) in [5.74, 6) is 0.858. The van der Waals surface area contributed by atoms with Gasteiger partial charge in [0.25, 0.3) is 5.88 Å². The minimum Gasteiger partial charge on any atom is -0.504 e. The second-order valence-corrected chi connectivity index (χ2v) is 4.62. The van der Waals surface area contributed by atoms with Crippen LogP contribution in [0.2, 0.25) is 0 Å². The van der Waals surface area contributed by atoms with E-state index in [4.69, 9.17) is 14.4 Å². The molecule has 1 aromatic heterocycles. The Morgan fingerprint density at radius 1 is 1.61 bits per heavy atom. The molecule has 0 aliphatic rings. The number of nitrogens with zero attached hydrogens (tertiary/aromatic N) is 3. The molecule has 0 radical (unpaired) electrons. The van der Waals surface area contributed by atoms with Crippen molar-refractivity contribution in [3.05, 3.63) is 41.9 Å². The van der Waals surface area contributed by atoms with Crippen LogP contribution < -0.4 is 10.2 Å². The van der Waals surface area contributed by atoms with Crippen LogP contribution >= 0.6 is 0 Å². The fourth-order valence-corrected chi connectivity index (χ4v) is 1.70. The van der Waals surface area contributed by atoms with Gasteiger partial charge in [-0.05, 0) is 37.6 Å². The van der Waals surface area contributed by atoms with Gasteiger partial charge in [-0.1, -0.05) is 6.58 Å². The van der Waals surface area contributed by atoms with Gasteiger partial charge in [0.1, 0.15) is 6.07 Å². The first-order valence-electron chi connectivity index (χ1n) is 6.86. The number of ether oxygens (including phenoxy) is 1. The van der Waals surface area contributed by atoms with Gasteiger partial charge in [0.2, 0.25) is 11.6 Å². The normalized spacial score (nSPS) is 10.5. The van der Waals surface area contributed by atoms with E-state index in [9.17, 15) is 5.11 Å². The highest BCUT2D eigenvalue weighted by molar-refractivity contribution is 5.81. The highest BCUT2D eigenvalue weighted by atomic mass is 16.5. The molecule has 0 amide bonds. The third kappa shape index (κ3) is 3.89.